The van der Waals surface area contributed by atoms with Gasteiger partial charge in [-0.1, -0.05) is 59.8 Å². The first-order valence-electron chi connectivity index (χ1n) is 10.9. The highest BCUT2D eigenvalue weighted by atomic mass is 32.2. The molecule has 0 atom stereocenters. The average Bonchev–Trinajstić information content (AvgIpc) is 3.11. The summed E-state index contributed by atoms with van der Waals surface area (Å²) in [4.78, 5) is 25.9. The van der Waals surface area contributed by atoms with Gasteiger partial charge in [-0.3, -0.25) is 15.0 Å². The lowest BCUT2D eigenvalue weighted by Crippen LogP contribution is -2.44. The lowest BCUT2D eigenvalue weighted by Gasteiger charge is -2.15. The molecule has 178 valence electrons. The largest absolute Gasteiger partial charge is 0.493 e. The van der Waals surface area contributed by atoms with Crippen LogP contribution >= 0.6 is 24.0 Å². The molecule has 3 aromatic carbocycles. The van der Waals surface area contributed by atoms with Crippen molar-refractivity contribution in [3.63, 3.8) is 0 Å². The Bertz CT molecular complexity index is 1320. The minimum atomic E-state index is -0.403. The maximum Gasteiger partial charge on any atom is 0.285 e. The second-order valence-corrected chi connectivity index (χ2v) is 9.63. The third-order valence-electron chi connectivity index (χ3n) is 5.45. The summed E-state index contributed by atoms with van der Waals surface area (Å²) >= 11 is 6.45. The second kappa shape index (κ2) is 10.8. The molecule has 0 radical (unpaired) electrons. The van der Waals surface area contributed by atoms with Gasteiger partial charge in [-0.15, -0.1) is 0 Å². The summed E-state index contributed by atoms with van der Waals surface area (Å²) in [5.74, 6) is 0.361. The van der Waals surface area contributed by atoms with Gasteiger partial charge in [0.15, 0.2) is 15.8 Å². The average molecular weight is 505 g/mol. The number of rotatable bonds is 7. The van der Waals surface area contributed by atoms with Crippen molar-refractivity contribution >= 4 is 46.2 Å². The first-order valence-corrected chi connectivity index (χ1v) is 12.1. The number of carbonyl (C=O) groups is 2. The van der Waals surface area contributed by atoms with E-state index in [1.54, 1.807) is 31.4 Å². The molecule has 1 aliphatic heterocycles. The van der Waals surface area contributed by atoms with Crippen molar-refractivity contribution in [3.8, 4) is 11.5 Å². The third kappa shape index (κ3) is 5.72. The molecule has 35 heavy (non-hydrogen) atoms. The number of ether oxygens (including phenoxy) is 2. The van der Waals surface area contributed by atoms with Gasteiger partial charge >= 0.3 is 0 Å². The van der Waals surface area contributed by atoms with Gasteiger partial charge in [0, 0.05) is 5.56 Å². The molecule has 1 N–H and O–H groups in total. The number of aryl methyl sites for hydroxylation is 2. The van der Waals surface area contributed by atoms with Gasteiger partial charge in [0.1, 0.15) is 6.61 Å². The molecular formula is C27H24N2O4S2. The summed E-state index contributed by atoms with van der Waals surface area (Å²) in [5, 5.41) is 1.10. The van der Waals surface area contributed by atoms with E-state index in [-0.39, 0.29) is 10.2 Å². The van der Waals surface area contributed by atoms with Gasteiger partial charge < -0.3 is 9.47 Å². The Labute approximate surface area is 213 Å². The Morgan fingerprint density at radius 1 is 1.06 bits per heavy atom. The summed E-state index contributed by atoms with van der Waals surface area (Å²) in [6.07, 6.45) is 1.71. The van der Waals surface area contributed by atoms with Gasteiger partial charge in [-0.05, 0) is 73.1 Å². The lowest BCUT2D eigenvalue weighted by atomic mass is 10.1. The Morgan fingerprint density at radius 3 is 2.51 bits per heavy atom. The van der Waals surface area contributed by atoms with E-state index in [9.17, 15) is 9.59 Å². The maximum atomic E-state index is 12.9. The number of nitrogens with zero attached hydrogens (tertiary/aromatic N) is 1. The van der Waals surface area contributed by atoms with Gasteiger partial charge in [0.2, 0.25) is 0 Å². The smallest absolute Gasteiger partial charge is 0.285 e. The summed E-state index contributed by atoms with van der Waals surface area (Å²) < 4.78 is 11.7. The summed E-state index contributed by atoms with van der Waals surface area (Å²) in [6, 6.07) is 20.5. The Morgan fingerprint density at radius 2 is 1.80 bits per heavy atom. The predicted molar refractivity (Wildman–Crippen MR) is 142 cm³/mol. The van der Waals surface area contributed by atoms with Gasteiger partial charge in [0.25, 0.3) is 11.8 Å². The van der Waals surface area contributed by atoms with Crippen LogP contribution in [0.3, 0.4) is 0 Å². The van der Waals surface area contributed by atoms with Crippen molar-refractivity contribution in [3.05, 3.63) is 99.5 Å². The fraction of sp³-hybridized carbons (Fsp3) is 0.148. The van der Waals surface area contributed by atoms with Crippen molar-refractivity contribution in [2.45, 2.75) is 20.5 Å². The molecule has 4 rings (SSSR count). The van der Waals surface area contributed by atoms with Crippen molar-refractivity contribution in [1.29, 1.82) is 0 Å². The molecule has 1 fully saturated rings. The van der Waals surface area contributed by atoms with Crippen molar-refractivity contribution < 1.29 is 19.1 Å². The van der Waals surface area contributed by atoms with Gasteiger partial charge in [-0.25, -0.2) is 0 Å². The molecule has 6 nitrogen and oxygen atoms in total. The van der Waals surface area contributed by atoms with E-state index in [0.29, 0.717) is 28.6 Å². The van der Waals surface area contributed by atoms with E-state index in [0.717, 1.165) is 39.0 Å². The number of methoxy groups -OCH3 is 1. The number of hydrazine groups is 1. The zero-order valence-corrected chi connectivity index (χ0v) is 21.2. The Kier molecular flexibility index (Phi) is 7.53. The van der Waals surface area contributed by atoms with E-state index in [2.05, 4.69) is 5.43 Å². The zero-order valence-electron chi connectivity index (χ0n) is 19.5. The van der Waals surface area contributed by atoms with Gasteiger partial charge in [0.05, 0.1) is 12.0 Å². The van der Waals surface area contributed by atoms with Crippen LogP contribution in [0.1, 0.15) is 32.6 Å². The molecule has 8 heteroatoms. The number of hydrogen-bond acceptors (Lipinski definition) is 6. The molecule has 0 saturated carbocycles. The van der Waals surface area contributed by atoms with Gasteiger partial charge in [-0.2, -0.15) is 5.01 Å². The van der Waals surface area contributed by atoms with Crippen LogP contribution in [0.25, 0.3) is 6.08 Å². The minimum absolute atomic E-state index is 0.256. The topological polar surface area (TPSA) is 67.9 Å². The quantitative estimate of drug-likeness (QED) is 0.342. The fourth-order valence-corrected chi connectivity index (χ4v) is 4.59. The van der Waals surface area contributed by atoms with E-state index >= 15 is 0 Å². The molecule has 1 heterocycles. The van der Waals surface area contributed by atoms with Crippen LogP contribution in [0, 0.1) is 13.8 Å². The standard InChI is InChI=1S/C27H24N2O4S2/c1-17-8-11-20(12-9-17)25(30)28-29-26(31)24(35-27(29)34)15-19-10-13-22(23(14-19)32-3)33-16-21-7-5-4-6-18(21)2/h4-15H,16H2,1-3H3,(H,28,30). The molecule has 0 aromatic heterocycles. The molecule has 0 unspecified atom stereocenters. The maximum absolute atomic E-state index is 12.9. The molecule has 0 aliphatic carbocycles. The fourth-order valence-electron chi connectivity index (χ4n) is 3.41. The van der Waals surface area contributed by atoms with E-state index in [1.807, 2.05) is 62.4 Å². The van der Waals surface area contributed by atoms with Crippen molar-refractivity contribution in [2.24, 2.45) is 0 Å². The van der Waals surface area contributed by atoms with Crippen LogP contribution in [0.5, 0.6) is 11.5 Å². The Balaban J connectivity index is 1.47. The molecular weight excluding hydrogens is 480 g/mol. The van der Waals surface area contributed by atoms with Crippen LogP contribution in [-0.4, -0.2) is 28.3 Å². The van der Waals surface area contributed by atoms with Crippen LogP contribution < -0.4 is 14.9 Å². The highest BCUT2D eigenvalue weighted by Crippen LogP contribution is 2.34. The van der Waals surface area contributed by atoms with E-state index < -0.39 is 5.91 Å². The van der Waals surface area contributed by atoms with Crippen LogP contribution in [-0.2, 0) is 11.4 Å². The summed E-state index contributed by atoms with van der Waals surface area (Å²) in [5.41, 5.74) is 7.07. The SMILES string of the molecule is COc1cc(C=C2SC(=S)N(NC(=O)c3ccc(C)cc3)C2=O)ccc1OCc1ccccc1C. The first kappa shape index (κ1) is 24.5. The predicted octanol–water partition coefficient (Wildman–Crippen LogP) is 5.44. The van der Waals surface area contributed by atoms with Crippen LogP contribution in [0.15, 0.2) is 71.6 Å². The molecule has 0 bridgehead atoms. The third-order valence-corrected chi connectivity index (χ3v) is 6.75. The number of hydrogen-bond donors (Lipinski definition) is 1. The van der Waals surface area contributed by atoms with Crippen LogP contribution in [0.2, 0.25) is 0 Å². The molecule has 1 saturated heterocycles. The van der Waals surface area contributed by atoms with E-state index in [1.165, 1.54) is 0 Å². The number of amides is 2. The lowest BCUT2D eigenvalue weighted by molar-refractivity contribution is -0.123. The normalized spacial score (nSPS) is 14.4. The van der Waals surface area contributed by atoms with Crippen molar-refractivity contribution in [1.82, 2.24) is 10.4 Å². The number of thioether (sulfide) groups is 1. The number of thiocarbonyl (C=S) groups is 1. The minimum Gasteiger partial charge on any atom is -0.493 e. The van der Waals surface area contributed by atoms with E-state index in [4.69, 9.17) is 21.7 Å². The second-order valence-electron chi connectivity index (χ2n) is 7.95. The Hall–Kier alpha value is -3.62. The number of carbonyl (C=O) groups excluding carboxylic acids is 2. The van der Waals surface area contributed by atoms with Crippen molar-refractivity contribution in [2.75, 3.05) is 7.11 Å². The highest BCUT2D eigenvalue weighted by molar-refractivity contribution is 8.26. The molecule has 3 aromatic rings. The number of nitrogens with one attached hydrogen (secondary N) is 1. The molecule has 0 spiro atoms. The first-order chi connectivity index (χ1) is 16.9. The molecule has 1 aliphatic rings. The zero-order chi connectivity index (χ0) is 24.9. The summed E-state index contributed by atoms with van der Waals surface area (Å²) in [7, 11) is 1.57. The summed E-state index contributed by atoms with van der Waals surface area (Å²) in [6.45, 7) is 4.40. The monoisotopic (exact) mass is 504 g/mol. The number of benzene rings is 3. The highest BCUT2D eigenvalue weighted by Gasteiger charge is 2.33. The van der Waals surface area contributed by atoms with Crippen LogP contribution in [0.4, 0.5) is 0 Å². The molecule has 2 amide bonds.